The highest BCUT2D eigenvalue weighted by Crippen LogP contribution is 2.27. The lowest BCUT2D eigenvalue weighted by atomic mass is 9.86. The zero-order chi connectivity index (χ0) is 23.5. The van der Waals surface area contributed by atoms with Crippen LogP contribution in [0.4, 0.5) is 0 Å². The fourth-order valence-corrected chi connectivity index (χ4v) is 5.41. The van der Waals surface area contributed by atoms with Crippen LogP contribution in [-0.2, 0) is 20.2 Å². The van der Waals surface area contributed by atoms with Crippen molar-refractivity contribution in [3.05, 3.63) is 59.7 Å². The summed E-state index contributed by atoms with van der Waals surface area (Å²) in [6.45, 7) is 9.17. The molecule has 0 aliphatic carbocycles. The molecule has 3 rings (SSSR count). The van der Waals surface area contributed by atoms with E-state index in [1.54, 1.807) is 31.4 Å². The number of amides is 1. The van der Waals surface area contributed by atoms with Crippen molar-refractivity contribution in [1.82, 2.24) is 9.62 Å². The molecule has 1 saturated heterocycles. The molecule has 1 heterocycles. The summed E-state index contributed by atoms with van der Waals surface area (Å²) in [5, 5.41) is 3.10. The van der Waals surface area contributed by atoms with Crippen LogP contribution < -0.4 is 10.1 Å². The third kappa shape index (κ3) is 5.51. The van der Waals surface area contributed by atoms with E-state index < -0.39 is 10.0 Å². The van der Waals surface area contributed by atoms with Gasteiger partial charge in [0, 0.05) is 19.0 Å². The fourth-order valence-electron chi connectivity index (χ4n) is 3.94. The predicted molar refractivity (Wildman–Crippen MR) is 126 cm³/mol. The maximum Gasteiger partial charge on any atom is 0.243 e. The van der Waals surface area contributed by atoms with Gasteiger partial charge in [0.1, 0.15) is 5.75 Å². The predicted octanol–water partition coefficient (Wildman–Crippen LogP) is 4.27. The molecule has 0 saturated carbocycles. The number of methoxy groups -OCH3 is 1. The molecule has 1 aliphatic heterocycles. The lowest BCUT2D eigenvalue weighted by Crippen LogP contribution is -2.43. The lowest BCUT2D eigenvalue weighted by Gasteiger charge is -2.31. The van der Waals surface area contributed by atoms with Crippen LogP contribution in [0.15, 0.2) is 53.4 Å². The first-order chi connectivity index (χ1) is 15.0. The van der Waals surface area contributed by atoms with Crippen LogP contribution >= 0.6 is 0 Å². The van der Waals surface area contributed by atoms with Gasteiger partial charge in [0.15, 0.2) is 0 Å². The summed E-state index contributed by atoms with van der Waals surface area (Å²) < 4.78 is 32.4. The molecule has 32 heavy (non-hydrogen) atoms. The molecule has 6 nitrogen and oxygen atoms in total. The first-order valence-corrected chi connectivity index (χ1v) is 12.5. The van der Waals surface area contributed by atoms with Gasteiger partial charge in [0.05, 0.1) is 18.0 Å². The molecule has 1 unspecified atom stereocenters. The molecule has 2 aromatic carbocycles. The van der Waals surface area contributed by atoms with Gasteiger partial charge < -0.3 is 10.1 Å². The Kier molecular flexibility index (Phi) is 7.30. The molecule has 1 amide bonds. The second-order valence-electron chi connectivity index (χ2n) is 9.46. The Bertz CT molecular complexity index is 1020. The maximum atomic E-state index is 12.9. The minimum atomic E-state index is -3.57. The Labute approximate surface area is 192 Å². The summed E-state index contributed by atoms with van der Waals surface area (Å²) in [4.78, 5) is 13.1. The molecule has 2 aromatic rings. The number of benzene rings is 2. The van der Waals surface area contributed by atoms with E-state index in [-0.39, 0.29) is 28.2 Å². The third-order valence-electron chi connectivity index (χ3n) is 6.16. The molecule has 1 N–H and O–H groups in total. The van der Waals surface area contributed by atoms with Crippen LogP contribution in [0.1, 0.15) is 57.7 Å². The van der Waals surface area contributed by atoms with Crippen molar-refractivity contribution in [2.45, 2.75) is 56.9 Å². The normalized spacial score (nSPS) is 17.0. The Balaban J connectivity index is 1.56. The average Bonchev–Trinajstić information content (AvgIpc) is 2.78. The van der Waals surface area contributed by atoms with Gasteiger partial charge in [-0.2, -0.15) is 4.31 Å². The molecule has 1 atom stereocenters. The van der Waals surface area contributed by atoms with Crippen LogP contribution in [0.3, 0.4) is 0 Å². The largest absolute Gasteiger partial charge is 0.497 e. The summed E-state index contributed by atoms with van der Waals surface area (Å²) in [6, 6.07) is 14.6. The molecule has 1 aliphatic rings. The number of hydrogen-bond donors (Lipinski definition) is 1. The highest BCUT2D eigenvalue weighted by Gasteiger charge is 2.32. The molecule has 174 valence electrons. The van der Waals surface area contributed by atoms with Crippen LogP contribution in [0.2, 0.25) is 0 Å². The van der Waals surface area contributed by atoms with Crippen molar-refractivity contribution < 1.29 is 17.9 Å². The monoisotopic (exact) mass is 458 g/mol. The van der Waals surface area contributed by atoms with Crippen LogP contribution in [0, 0.1) is 5.92 Å². The number of nitrogens with zero attached hydrogens (tertiary/aromatic N) is 1. The van der Waals surface area contributed by atoms with Crippen LogP contribution in [-0.4, -0.2) is 38.8 Å². The van der Waals surface area contributed by atoms with Gasteiger partial charge in [-0.15, -0.1) is 0 Å². The minimum Gasteiger partial charge on any atom is -0.497 e. The number of piperidine rings is 1. The molecule has 0 aromatic heterocycles. The van der Waals surface area contributed by atoms with E-state index in [0.29, 0.717) is 31.7 Å². The average molecular weight is 459 g/mol. The molecule has 7 heteroatoms. The van der Waals surface area contributed by atoms with E-state index in [9.17, 15) is 13.2 Å². The highest BCUT2D eigenvalue weighted by molar-refractivity contribution is 7.89. The topological polar surface area (TPSA) is 75.7 Å². The Hall–Kier alpha value is -2.38. The molecular weight excluding hydrogens is 424 g/mol. The van der Waals surface area contributed by atoms with Crippen molar-refractivity contribution in [3.8, 4) is 5.75 Å². The zero-order valence-electron chi connectivity index (χ0n) is 19.6. The molecule has 0 radical (unpaired) electrons. The van der Waals surface area contributed by atoms with E-state index in [0.717, 1.165) is 5.56 Å². The molecule has 0 bridgehead atoms. The summed E-state index contributed by atoms with van der Waals surface area (Å²) in [6.07, 6.45) is 1.02. The number of rotatable bonds is 6. The first kappa shape index (κ1) is 24.3. The van der Waals surface area contributed by atoms with Gasteiger partial charge in [0.2, 0.25) is 15.9 Å². The SMILES string of the molecule is COc1ccc(S(=O)(=O)N2CCC(C(=O)NC(C)c3ccc(C(C)(C)C)cc3)CC2)cc1. The summed E-state index contributed by atoms with van der Waals surface area (Å²) >= 11 is 0. The van der Waals surface area contributed by atoms with Crippen molar-refractivity contribution in [3.63, 3.8) is 0 Å². The van der Waals surface area contributed by atoms with E-state index in [1.165, 1.54) is 9.87 Å². The highest BCUT2D eigenvalue weighted by atomic mass is 32.2. The van der Waals surface area contributed by atoms with Gasteiger partial charge >= 0.3 is 0 Å². The molecule has 1 fully saturated rings. The number of carbonyl (C=O) groups is 1. The Morgan fingerprint density at radius 1 is 1.03 bits per heavy atom. The first-order valence-electron chi connectivity index (χ1n) is 11.1. The van der Waals surface area contributed by atoms with E-state index >= 15 is 0 Å². The number of sulfonamides is 1. The number of ether oxygens (including phenoxy) is 1. The van der Waals surface area contributed by atoms with E-state index in [2.05, 4.69) is 50.4 Å². The van der Waals surface area contributed by atoms with Gasteiger partial charge in [-0.3, -0.25) is 4.79 Å². The van der Waals surface area contributed by atoms with E-state index in [1.807, 2.05) is 6.92 Å². The zero-order valence-corrected chi connectivity index (χ0v) is 20.4. The molecule has 0 spiro atoms. The number of hydrogen-bond acceptors (Lipinski definition) is 4. The Morgan fingerprint density at radius 3 is 2.09 bits per heavy atom. The smallest absolute Gasteiger partial charge is 0.243 e. The number of carbonyl (C=O) groups excluding carboxylic acids is 1. The van der Waals surface area contributed by atoms with Gasteiger partial charge in [-0.25, -0.2) is 8.42 Å². The fraction of sp³-hybridized carbons (Fsp3) is 0.480. The van der Waals surface area contributed by atoms with Crippen molar-refractivity contribution >= 4 is 15.9 Å². The van der Waals surface area contributed by atoms with E-state index in [4.69, 9.17) is 4.74 Å². The quantitative estimate of drug-likeness (QED) is 0.701. The van der Waals surface area contributed by atoms with Crippen molar-refractivity contribution in [1.29, 1.82) is 0 Å². The van der Waals surface area contributed by atoms with Crippen LogP contribution in [0.25, 0.3) is 0 Å². The summed E-state index contributed by atoms with van der Waals surface area (Å²) in [7, 11) is -2.03. The lowest BCUT2D eigenvalue weighted by molar-refractivity contribution is -0.126. The summed E-state index contributed by atoms with van der Waals surface area (Å²) in [5.41, 5.74) is 2.40. The molecular formula is C25H34N2O4S. The van der Waals surface area contributed by atoms with Gasteiger partial charge in [-0.05, 0) is 60.6 Å². The third-order valence-corrected chi connectivity index (χ3v) is 8.07. The number of nitrogens with one attached hydrogen (secondary N) is 1. The van der Waals surface area contributed by atoms with Crippen LogP contribution in [0.5, 0.6) is 5.75 Å². The summed E-state index contributed by atoms with van der Waals surface area (Å²) in [5.74, 6) is 0.411. The maximum absolute atomic E-state index is 12.9. The van der Waals surface area contributed by atoms with Crippen molar-refractivity contribution in [2.24, 2.45) is 5.92 Å². The minimum absolute atomic E-state index is 0.0149. The Morgan fingerprint density at radius 2 is 1.59 bits per heavy atom. The second-order valence-corrected chi connectivity index (χ2v) is 11.4. The van der Waals surface area contributed by atoms with Crippen molar-refractivity contribution in [2.75, 3.05) is 20.2 Å². The second kappa shape index (κ2) is 9.63. The standard InChI is InChI=1S/C25H34N2O4S/c1-18(19-6-8-21(9-7-19)25(2,3)4)26-24(28)20-14-16-27(17-15-20)32(29,30)23-12-10-22(31-5)11-13-23/h6-13,18,20H,14-17H2,1-5H3,(H,26,28). The van der Waals surface area contributed by atoms with Gasteiger partial charge in [0.25, 0.3) is 0 Å². The van der Waals surface area contributed by atoms with Gasteiger partial charge in [-0.1, -0.05) is 45.0 Å².